The van der Waals surface area contributed by atoms with Crippen LogP contribution in [0.1, 0.15) is 16.1 Å². The lowest BCUT2D eigenvalue weighted by molar-refractivity contribution is 0.0620. The molecule has 162 valence electrons. The Morgan fingerprint density at radius 3 is 2.35 bits per heavy atom. The predicted molar refractivity (Wildman–Crippen MR) is 117 cm³/mol. The van der Waals surface area contributed by atoms with E-state index in [9.17, 15) is 9.18 Å². The highest BCUT2D eigenvalue weighted by Gasteiger charge is 2.23. The third kappa shape index (κ3) is 5.36. The van der Waals surface area contributed by atoms with Gasteiger partial charge in [0.2, 0.25) is 0 Å². The average Bonchev–Trinajstić information content (AvgIpc) is 3.24. The molecule has 0 aliphatic carbocycles. The highest BCUT2D eigenvalue weighted by Crippen LogP contribution is 2.32. The molecular formula is C22H21Cl2FN4O2. The van der Waals surface area contributed by atoms with Crippen LogP contribution in [0.2, 0.25) is 10.0 Å². The SMILES string of the molecule is O=C(c1ccn(COc2c(Cl)cccc2Cl)n1)N1CCN(Cc2ccc(F)cc2)CC1. The lowest BCUT2D eigenvalue weighted by Crippen LogP contribution is -2.48. The molecule has 3 aromatic rings. The zero-order valence-electron chi connectivity index (χ0n) is 16.7. The number of aromatic nitrogens is 2. The summed E-state index contributed by atoms with van der Waals surface area (Å²) in [6, 6.07) is 13.3. The maximum absolute atomic E-state index is 13.1. The second kappa shape index (κ2) is 9.68. The van der Waals surface area contributed by atoms with Crippen molar-refractivity contribution < 1.29 is 13.9 Å². The Morgan fingerprint density at radius 2 is 1.68 bits per heavy atom. The lowest BCUT2D eigenvalue weighted by Gasteiger charge is -2.34. The largest absolute Gasteiger partial charge is 0.468 e. The molecule has 0 radical (unpaired) electrons. The van der Waals surface area contributed by atoms with Gasteiger partial charge in [-0.25, -0.2) is 9.07 Å². The van der Waals surface area contributed by atoms with Crippen LogP contribution in [0.15, 0.2) is 54.7 Å². The standard InChI is InChI=1S/C22H21Cl2FN4O2/c23-18-2-1-3-19(24)21(18)31-15-29-9-8-20(26-29)22(30)28-12-10-27(11-13-28)14-16-4-6-17(25)7-5-16/h1-9H,10-15H2. The summed E-state index contributed by atoms with van der Waals surface area (Å²) in [6.45, 7) is 3.54. The molecule has 0 atom stereocenters. The summed E-state index contributed by atoms with van der Waals surface area (Å²) in [6.07, 6.45) is 1.68. The first-order valence-electron chi connectivity index (χ1n) is 9.86. The Labute approximate surface area is 189 Å². The van der Waals surface area contributed by atoms with E-state index in [0.717, 1.165) is 25.2 Å². The van der Waals surface area contributed by atoms with Crippen LogP contribution in [0.3, 0.4) is 0 Å². The smallest absolute Gasteiger partial charge is 0.274 e. The first-order valence-corrected chi connectivity index (χ1v) is 10.6. The van der Waals surface area contributed by atoms with E-state index in [4.69, 9.17) is 27.9 Å². The average molecular weight is 463 g/mol. The van der Waals surface area contributed by atoms with Crippen molar-refractivity contribution in [3.8, 4) is 5.75 Å². The molecule has 1 fully saturated rings. The fourth-order valence-electron chi connectivity index (χ4n) is 3.42. The third-order valence-electron chi connectivity index (χ3n) is 5.10. The van der Waals surface area contributed by atoms with E-state index in [1.165, 1.54) is 16.8 Å². The van der Waals surface area contributed by atoms with Crippen LogP contribution in [0.5, 0.6) is 5.75 Å². The van der Waals surface area contributed by atoms with Crippen LogP contribution in [-0.2, 0) is 13.3 Å². The van der Waals surface area contributed by atoms with Gasteiger partial charge >= 0.3 is 0 Å². The van der Waals surface area contributed by atoms with Crippen molar-refractivity contribution >= 4 is 29.1 Å². The molecule has 1 aliphatic heterocycles. The number of piperazine rings is 1. The number of hydrogen-bond acceptors (Lipinski definition) is 4. The summed E-state index contributed by atoms with van der Waals surface area (Å²) in [4.78, 5) is 16.8. The fourth-order valence-corrected chi connectivity index (χ4v) is 3.92. The van der Waals surface area contributed by atoms with Gasteiger partial charge in [0, 0.05) is 38.9 Å². The summed E-state index contributed by atoms with van der Waals surface area (Å²) in [5.41, 5.74) is 1.42. The Kier molecular flexibility index (Phi) is 6.75. The van der Waals surface area contributed by atoms with Crippen molar-refractivity contribution in [1.82, 2.24) is 19.6 Å². The van der Waals surface area contributed by atoms with Gasteiger partial charge < -0.3 is 9.64 Å². The van der Waals surface area contributed by atoms with Crippen molar-refractivity contribution in [2.75, 3.05) is 26.2 Å². The Morgan fingerprint density at radius 1 is 1.00 bits per heavy atom. The number of benzene rings is 2. The van der Waals surface area contributed by atoms with E-state index in [-0.39, 0.29) is 18.5 Å². The summed E-state index contributed by atoms with van der Waals surface area (Å²) >= 11 is 12.2. The van der Waals surface area contributed by atoms with Crippen LogP contribution in [0.25, 0.3) is 0 Å². The van der Waals surface area contributed by atoms with Crippen molar-refractivity contribution in [3.05, 3.63) is 81.8 Å². The van der Waals surface area contributed by atoms with Crippen molar-refractivity contribution in [2.24, 2.45) is 0 Å². The molecule has 9 heteroatoms. The molecule has 1 saturated heterocycles. The van der Waals surface area contributed by atoms with Gasteiger partial charge in [-0.05, 0) is 35.9 Å². The van der Waals surface area contributed by atoms with Gasteiger partial charge in [-0.2, -0.15) is 5.10 Å². The maximum Gasteiger partial charge on any atom is 0.274 e. The van der Waals surface area contributed by atoms with Crippen LogP contribution >= 0.6 is 23.2 Å². The van der Waals surface area contributed by atoms with Crippen LogP contribution in [0.4, 0.5) is 4.39 Å². The summed E-state index contributed by atoms with van der Waals surface area (Å²) in [5, 5.41) is 5.14. The minimum absolute atomic E-state index is 0.0855. The first-order chi connectivity index (χ1) is 15.0. The molecule has 2 heterocycles. The van der Waals surface area contributed by atoms with E-state index in [2.05, 4.69) is 10.00 Å². The van der Waals surface area contributed by atoms with Crippen LogP contribution < -0.4 is 4.74 Å². The van der Waals surface area contributed by atoms with Gasteiger partial charge in [-0.3, -0.25) is 9.69 Å². The minimum atomic E-state index is -0.237. The summed E-state index contributed by atoms with van der Waals surface area (Å²) < 4.78 is 20.2. The predicted octanol–water partition coefficient (Wildman–Crippen LogP) is 4.32. The number of carbonyl (C=O) groups is 1. The quantitative estimate of drug-likeness (QED) is 0.547. The molecular weight excluding hydrogens is 442 g/mol. The second-order valence-corrected chi connectivity index (χ2v) is 8.07. The van der Waals surface area contributed by atoms with Gasteiger partial charge in [0.05, 0.1) is 10.0 Å². The number of nitrogens with zero attached hydrogens (tertiary/aromatic N) is 4. The zero-order chi connectivity index (χ0) is 21.8. The molecule has 0 N–H and O–H groups in total. The number of halogens is 3. The molecule has 0 bridgehead atoms. The normalized spacial score (nSPS) is 14.6. The molecule has 1 aromatic heterocycles. The maximum atomic E-state index is 13.1. The zero-order valence-corrected chi connectivity index (χ0v) is 18.2. The molecule has 31 heavy (non-hydrogen) atoms. The topological polar surface area (TPSA) is 50.6 Å². The van der Waals surface area contributed by atoms with Crippen LogP contribution in [-0.4, -0.2) is 51.7 Å². The molecule has 2 aromatic carbocycles. The Bertz CT molecular complexity index is 1030. The molecule has 0 spiro atoms. The third-order valence-corrected chi connectivity index (χ3v) is 5.69. The number of para-hydroxylation sites is 1. The summed E-state index contributed by atoms with van der Waals surface area (Å²) in [5.74, 6) is 0.0291. The first kappa shape index (κ1) is 21.6. The Hall–Kier alpha value is -2.61. The number of carbonyl (C=O) groups excluding carboxylic acids is 1. The Balaban J connectivity index is 1.29. The van der Waals surface area contributed by atoms with Gasteiger partial charge in [0.1, 0.15) is 5.82 Å². The van der Waals surface area contributed by atoms with E-state index in [0.29, 0.717) is 34.6 Å². The fraction of sp³-hybridized carbons (Fsp3) is 0.273. The molecule has 4 rings (SSSR count). The highest BCUT2D eigenvalue weighted by molar-refractivity contribution is 6.37. The van der Waals surface area contributed by atoms with E-state index in [1.807, 2.05) is 0 Å². The molecule has 1 amide bonds. The van der Waals surface area contributed by atoms with E-state index >= 15 is 0 Å². The highest BCUT2D eigenvalue weighted by atomic mass is 35.5. The second-order valence-electron chi connectivity index (χ2n) is 7.26. The number of hydrogen-bond donors (Lipinski definition) is 0. The van der Waals surface area contributed by atoms with E-state index < -0.39 is 0 Å². The van der Waals surface area contributed by atoms with Crippen molar-refractivity contribution in [3.63, 3.8) is 0 Å². The van der Waals surface area contributed by atoms with Gasteiger partial charge in [-0.15, -0.1) is 0 Å². The molecule has 0 unspecified atom stereocenters. The summed E-state index contributed by atoms with van der Waals surface area (Å²) in [7, 11) is 0. The lowest BCUT2D eigenvalue weighted by atomic mass is 10.2. The minimum Gasteiger partial charge on any atom is -0.468 e. The number of ether oxygens (including phenoxy) is 1. The molecule has 1 aliphatic rings. The number of rotatable bonds is 6. The van der Waals surface area contributed by atoms with Crippen molar-refractivity contribution in [2.45, 2.75) is 13.3 Å². The number of amides is 1. The van der Waals surface area contributed by atoms with Gasteiger partial charge in [-0.1, -0.05) is 41.4 Å². The monoisotopic (exact) mass is 462 g/mol. The van der Waals surface area contributed by atoms with E-state index in [1.54, 1.807) is 47.5 Å². The molecule has 0 saturated carbocycles. The van der Waals surface area contributed by atoms with Gasteiger partial charge in [0.15, 0.2) is 18.2 Å². The van der Waals surface area contributed by atoms with Crippen molar-refractivity contribution in [1.29, 1.82) is 0 Å². The molecule has 6 nitrogen and oxygen atoms in total. The van der Waals surface area contributed by atoms with Gasteiger partial charge in [0.25, 0.3) is 5.91 Å². The van der Waals surface area contributed by atoms with Crippen LogP contribution in [0, 0.1) is 5.82 Å².